The molecule has 0 bridgehead atoms. The normalized spacial score (nSPS) is 16.1. The van der Waals surface area contributed by atoms with Crippen LogP contribution in [0.2, 0.25) is 0 Å². The predicted octanol–water partition coefficient (Wildman–Crippen LogP) is 4.72. The first kappa shape index (κ1) is 18.1. The van der Waals surface area contributed by atoms with Crippen LogP contribution in [0.3, 0.4) is 0 Å². The SMILES string of the molecule is F[C](F)C(F)(F)C(C(F)(F)F)(C(F)(F)F)C(F)(F)F. The van der Waals surface area contributed by atoms with Gasteiger partial charge in [-0.1, -0.05) is 0 Å². The van der Waals surface area contributed by atoms with Crippen molar-refractivity contribution in [2.75, 3.05) is 0 Å². The van der Waals surface area contributed by atoms with E-state index in [1.54, 1.807) is 0 Å². The highest BCUT2D eigenvalue weighted by atomic mass is 19.4. The molecule has 0 aromatic rings. The zero-order valence-corrected chi connectivity index (χ0v) is 7.91. The van der Waals surface area contributed by atoms with E-state index in [2.05, 4.69) is 0 Å². The van der Waals surface area contributed by atoms with Gasteiger partial charge in [0.05, 0.1) is 0 Å². The Kier molecular flexibility index (Phi) is 4.09. The number of rotatable bonds is 2. The average molecular weight is 319 g/mol. The van der Waals surface area contributed by atoms with E-state index in [1.165, 1.54) is 0 Å². The molecule has 0 atom stereocenters. The van der Waals surface area contributed by atoms with Crippen molar-refractivity contribution in [1.29, 1.82) is 0 Å². The lowest BCUT2D eigenvalue weighted by Crippen LogP contribution is -2.69. The predicted molar refractivity (Wildman–Crippen MR) is 31.0 cm³/mol. The Morgan fingerprint density at radius 1 is 0.474 bits per heavy atom. The third kappa shape index (κ3) is 2.30. The van der Waals surface area contributed by atoms with E-state index in [9.17, 15) is 57.1 Å². The molecule has 13 heteroatoms. The first-order chi connectivity index (χ1) is 7.94. The van der Waals surface area contributed by atoms with Gasteiger partial charge in [0.2, 0.25) is 0 Å². The molecule has 19 heavy (non-hydrogen) atoms. The molecule has 0 aromatic heterocycles. The monoisotopic (exact) mass is 319 g/mol. The van der Waals surface area contributed by atoms with Gasteiger partial charge >= 0.3 is 36.3 Å². The van der Waals surface area contributed by atoms with Gasteiger partial charge in [-0.2, -0.15) is 57.1 Å². The quantitative estimate of drug-likeness (QED) is 0.646. The minimum Gasteiger partial charge on any atom is -0.198 e. The van der Waals surface area contributed by atoms with Gasteiger partial charge in [-0.25, -0.2) is 0 Å². The highest BCUT2D eigenvalue weighted by Crippen LogP contribution is 2.68. The summed E-state index contributed by atoms with van der Waals surface area (Å²) in [5, 5.41) is 0. The summed E-state index contributed by atoms with van der Waals surface area (Å²) in [4.78, 5) is 0. The molecule has 0 rings (SSSR count). The summed E-state index contributed by atoms with van der Waals surface area (Å²) in [6.07, 6.45) is -28.2. The van der Waals surface area contributed by atoms with Crippen molar-refractivity contribution in [3.63, 3.8) is 0 Å². The number of hydrogen-bond donors (Lipinski definition) is 0. The van der Waals surface area contributed by atoms with Gasteiger partial charge < -0.3 is 0 Å². The number of halogens is 13. The maximum absolute atomic E-state index is 12.4. The molecule has 0 aliphatic heterocycles. The molecule has 0 spiro atoms. The second-order valence-corrected chi connectivity index (χ2v) is 3.08. The van der Waals surface area contributed by atoms with Crippen molar-refractivity contribution >= 4 is 0 Å². The molecule has 0 saturated heterocycles. The van der Waals surface area contributed by atoms with Crippen molar-refractivity contribution < 1.29 is 57.1 Å². The second-order valence-electron chi connectivity index (χ2n) is 3.08. The van der Waals surface area contributed by atoms with Crippen LogP contribution in [-0.2, 0) is 0 Å². The fourth-order valence-corrected chi connectivity index (χ4v) is 1.16. The lowest BCUT2D eigenvalue weighted by molar-refractivity contribution is -0.477. The van der Waals surface area contributed by atoms with Crippen LogP contribution in [0.15, 0.2) is 0 Å². The molecule has 0 heterocycles. The lowest BCUT2D eigenvalue weighted by Gasteiger charge is -2.42. The topological polar surface area (TPSA) is 0 Å². The molecular weight excluding hydrogens is 319 g/mol. The van der Waals surface area contributed by atoms with Gasteiger partial charge in [-0.15, -0.1) is 0 Å². The van der Waals surface area contributed by atoms with E-state index in [-0.39, 0.29) is 0 Å². The molecule has 0 amide bonds. The Morgan fingerprint density at radius 2 is 0.684 bits per heavy atom. The molecule has 0 saturated carbocycles. The molecular formula is C6F13. The van der Waals surface area contributed by atoms with Crippen molar-refractivity contribution in [2.24, 2.45) is 5.41 Å². The van der Waals surface area contributed by atoms with Crippen LogP contribution >= 0.6 is 0 Å². The lowest BCUT2D eigenvalue weighted by atomic mass is 9.78. The molecule has 1 radical (unpaired) electrons. The Balaban J connectivity index is 6.63. The Hall–Kier alpha value is -0.910. The third-order valence-electron chi connectivity index (χ3n) is 1.98. The number of alkyl halides is 11. The van der Waals surface area contributed by atoms with Crippen LogP contribution in [0.1, 0.15) is 0 Å². The van der Waals surface area contributed by atoms with Crippen LogP contribution in [0, 0.1) is 11.8 Å². The largest absolute Gasteiger partial charge is 0.418 e. The molecule has 0 aliphatic carbocycles. The van der Waals surface area contributed by atoms with Gasteiger partial charge in [-0.3, -0.25) is 0 Å². The molecule has 0 aromatic carbocycles. The van der Waals surface area contributed by atoms with Crippen LogP contribution in [-0.4, -0.2) is 24.5 Å². The standard InChI is InChI=1S/C6F13/c7-1(8)2(9,10)3(4(11,12)13,5(14,15)16)6(17,18)19. The van der Waals surface area contributed by atoms with E-state index in [1.807, 2.05) is 0 Å². The van der Waals surface area contributed by atoms with Crippen molar-refractivity contribution in [1.82, 2.24) is 0 Å². The summed E-state index contributed by atoms with van der Waals surface area (Å²) in [7, 11) is 0. The van der Waals surface area contributed by atoms with Gasteiger partial charge in [0, 0.05) is 0 Å². The zero-order valence-electron chi connectivity index (χ0n) is 7.91. The minimum absolute atomic E-state index is 4.96. The van der Waals surface area contributed by atoms with E-state index in [0.29, 0.717) is 0 Å². The third-order valence-corrected chi connectivity index (χ3v) is 1.98. The van der Waals surface area contributed by atoms with E-state index < -0.39 is 36.3 Å². The van der Waals surface area contributed by atoms with Gasteiger partial charge in [-0.05, 0) is 0 Å². The smallest absolute Gasteiger partial charge is 0.198 e. The van der Waals surface area contributed by atoms with Crippen molar-refractivity contribution in [3.05, 3.63) is 6.43 Å². The molecule has 0 N–H and O–H groups in total. The molecule has 115 valence electrons. The van der Waals surface area contributed by atoms with Gasteiger partial charge in [0.25, 0.3) is 0 Å². The Labute approximate surface area is 94.7 Å². The molecule has 0 fully saturated rings. The fourth-order valence-electron chi connectivity index (χ4n) is 1.16. The van der Waals surface area contributed by atoms with Crippen LogP contribution in [0.25, 0.3) is 0 Å². The highest BCUT2D eigenvalue weighted by Gasteiger charge is 2.95. The van der Waals surface area contributed by atoms with Crippen LogP contribution in [0.4, 0.5) is 57.1 Å². The Morgan fingerprint density at radius 3 is 0.737 bits per heavy atom. The maximum atomic E-state index is 12.4. The maximum Gasteiger partial charge on any atom is 0.418 e. The molecule has 0 unspecified atom stereocenters. The van der Waals surface area contributed by atoms with Crippen LogP contribution < -0.4 is 0 Å². The highest BCUT2D eigenvalue weighted by molar-refractivity contribution is 5.13. The summed E-state index contributed by atoms with van der Waals surface area (Å²) in [5.74, 6) is -7.53. The minimum atomic E-state index is -7.89. The molecule has 0 aliphatic rings. The zero-order chi connectivity index (χ0) is 16.1. The number of hydrogen-bond acceptors (Lipinski definition) is 0. The van der Waals surface area contributed by atoms with E-state index in [4.69, 9.17) is 0 Å². The average Bonchev–Trinajstić information content (AvgIpc) is 1.92. The van der Waals surface area contributed by atoms with E-state index in [0.717, 1.165) is 0 Å². The van der Waals surface area contributed by atoms with E-state index >= 15 is 0 Å². The van der Waals surface area contributed by atoms with Gasteiger partial charge in [0.15, 0.2) is 0 Å². The summed E-state index contributed by atoms with van der Waals surface area (Å²) >= 11 is 0. The van der Waals surface area contributed by atoms with Crippen molar-refractivity contribution in [2.45, 2.75) is 24.5 Å². The van der Waals surface area contributed by atoms with Gasteiger partial charge in [0.1, 0.15) is 0 Å². The first-order valence-electron chi connectivity index (χ1n) is 3.71. The summed E-state index contributed by atoms with van der Waals surface area (Å²) in [6, 6.07) is 0. The van der Waals surface area contributed by atoms with Crippen molar-refractivity contribution in [3.8, 4) is 0 Å². The summed E-state index contributed by atoms with van der Waals surface area (Å²) < 4.78 is 156. The summed E-state index contributed by atoms with van der Waals surface area (Å²) in [6.45, 7) is 0. The first-order valence-corrected chi connectivity index (χ1v) is 3.71. The van der Waals surface area contributed by atoms with Crippen LogP contribution in [0.5, 0.6) is 0 Å². The molecule has 0 nitrogen and oxygen atoms in total. The second kappa shape index (κ2) is 4.30. The Bertz CT molecular complexity index is 277. The summed E-state index contributed by atoms with van der Waals surface area (Å²) in [5.41, 5.74) is -7.89. The fraction of sp³-hybridized carbons (Fsp3) is 0.833.